The van der Waals surface area contributed by atoms with Gasteiger partial charge in [-0.25, -0.2) is 0 Å². The SMILES string of the molecule is CCOc1cc(/C=C2/C(=N)N3N=C(CC)SC3=NC2=O)ccc1OCCOc1ccc(OC)cc1. The van der Waals surface area contributed by atoms with E-state index in [1.165, 1.54) is 16.8 Å². The molecule has 0 atom stereocenters. The van der Waals surface area contributed by atoms with Crippen molar-refractivity contribution in [1.29, 1.82) is 5.41 Å². The second kappa shape index (κ2) is 11.1. The highest BCUT2D eigenvalue weighted by atomic mass is 32.2. The summed E-state index contributed by atoms with van der Waals surface area (Å²) in [4.78, 5) is 16.7. The van der Waals surface area contributed by atoms with Crippen LogP contribution < -0.4 is 18.9 Å². The van der Waals surface area contributed by atoms with E-state index in [0.717, 1.165) is 16.5 Å². The number of nitrogens with one attached hydrogen (secondary N) is 1. The van der Waals surface area contributed by atoms with E-state index in [0.29, 0.717) is 48.5 Å². The molecule has 0 aliphatic carbocycles. The minimum absolute atomic E-state index is 0.00455. The number of benzene rings is 2. The lowest BCUT2D eigenvalue weighted by atomic mass is 10.1. The molecule has 0 unspecified atom stereocenters. The predicted molar refractivity (Wildman–Crippen MR) is 137 cm³/mol. The average molecular weight is 495 g/mol. The van der Waals surface area contributed by atoms with Gasteiger partial charge in [-0.05, 0) is 73.1 Å². The minimum atomic E-state index is -0.463. The predicted octanol–water partition coefficient (Wildman–Crippen LogP) is 4.58. The Morgan fingerprint density at radius 3 is 2.46 bits per heavy atom. The maximum absolute atomic E-state index is 12.6. The number of amides is 1. The van der Waals surface area contributed by atoms with Gasteiger partial charge in [0.1, 0.15) is 29.8 Å². The van der Waals surface area contributed by atoms with E-state index in [2.05, 4.69) is 10.1 Å². The number of ether oxygens (including phenoxy) is 4. The number of aliphatic imine (C=N–C) groups is 1. The van der Waals surface area contributed by atoms with E-state index in [1.54, 1.807) is 31.4 Å². The van der Waals surface area contributed by atoms with Crippen molar-refractivity contribution in [2.45, 2.75) is 20.3 Å². The molecule has 0 saturated heterocycles. The summed E-state index contributed by atoms with van der Waals surface area (Å²) in [7, 11) is 1.62. The number of thioether (sulfide) groups is 1. The molecule has 2 heterocycles. The highest BCUT2D eigenvalue weighted by Gasteiger charge is 2.35. The van der Waals surface area contributed by atoms with E-state index in [1.807, 2.05) is 38.1 Å². The van der Waals surface area contributed by atoms with Crippen molar-refractivity contribution in [2.24, 2.45) is 10.1 Å². The summed E-state index contributed by atoms with van der Waals surface area (Å²) in [6.45, 7) is 4.96. The van der Waals surface area contributed by atoms with Crippen molar-refractivity contribution in [1.82, 2.24) is 5.01 Å². The zero-order valence-corrected chi connectivity index (χ0v) is 20.6. The second-order valence-electron chi connectivity index (χ2n) is 7.38. The fraction of sp³-hybridized carbons (Fsp3) is 0.280. The third-order valence-corrected chi connectivity index (χ3v) is 6.10. The monoisotopic (exact) mass is 494 g/mol. The van der Waals surface area contributed by atoms with Crippen LogP contribution in [0.5, 0.6) is 23.0 Å². The zero-order chi connectivity index (χ0) is 24.8. The van der Waals surface area contributed by atoms with Crippen LogP contribution in [0.3, 0.4) is 0 Å². The van der Waals surface area contributed by atoms with Gasteiger partial charge in [-0.1, -0.05) is 13.0 Å². The Kier molecular flexibility index (Phi) is 7.71. The van der Waals surface area contributed by atoms with Crippen LogP contribution in [0.2, 0.25) is 0 Å². The van der Waals surface area contributed by atoms with Gasteiger partial charge in [-0.3, -0.25) is 10.2 Å². The number of nitrogens with zero attached hydrogens (tertiary/aromatic N) is 3. The largest absolute Gasteiger partial charge is 0.497 e. The Morgan fingerprint density at radius 1 is 1.00 bits per heavy atom. The molecule has 4 rings (SSSR count). The van der Waals surface area contributed by atoms with Crippen LogP contribution in [0.15, 0.2) is 58.1 Å². The van der Waals surface area contributed by atoms with Gasteiger partial charge in [0.25, 0.3) is 5.91 Å². The van der Waals surface area contributed by atoms with Gasteiger partial charge in [0.15, 0.2) is 17.3 Å². The van der Waals surface area contributed by atoms with Crippen LogP contribution >= 0.6 is 11.8 Å². The van der Waals surface area contributed by atoms with E-state index in [-0.39, 0.29) is 11.4 Å². The molecule has 0 fully saturated rings. The minimum Gasteiger partial charge on any atom is -0.497 e. The Morgan fingerprint density at radius 2 is 1.74 bits per heavy atom. The molecular formula is C25H26N4O5S. The molecule has 10 heteroatoms. The molecule has 1 amide bonds. The van der Waals surface area contributed by atoms with Crippen LogP contribution in [-0.2, 0) is 4.79 Å². The van der Waals surface area contributed by atoms with Gasteiger partial charge in [-0.2, -0.15) is 15.1 Å². The lowest BCUT2D eigenvalue weighted by molar-refractivity contribution is -0.114. The summed E-state index contributed by atoms with van der Waals surface area (Å²) >= 11 is 1.32. The van der Waals surface area contributed by atoms with E-state index < -0.39 is 5.91 Å². The maximum atomic E-state index is 12.6. The smallest absolute Gasteiger partial charge is 0.283 e. The van der Waals surface area contributed by atoms with Gasteiger partial charge in [-0.15, -0.1) is 0 Å². The molecule has 182 valence electrons. The quantitative estimate of drug-likeness (QED) is 0.381. The Hall–Kier alpha value is -3.79. The van der Waals surface area contributed by atoms with Gasteiger partial charge >= 0.3 is 0 Å². The zero-order valence-electron chi connectivity index (χ0n) is 19.7. The van der Waals surface area contributed by atoms with Crippen LogP contribution in [0, 0.1) is 5.41 Å². The lowest BCUT2D eigenvalue weighted by Crippen LogP contribution is -2.35. The highest BCUT2D eigenvalue weighted by Crippen LogP contribution is 2.32. The fourth-order valence-corrected chi connectivity index (χ4v) is 4.15. The van der Waals surface area contributed by atoms with E-state index in [9.17, 15) is 4.79 Å². The third kappa shape index (κ3) is 5.65. The lowest BCUT2D eigenvalue weighted by Gasteiger charge is -2.20. The first-order valence-electron chi connectivity index (χ1n) is 11.2. The van der Waals surface area contributed by atoms with E-state index in [4.69, 9.17) is 24.4 Å². The van der Waals surface area contributed by atoms with Gasteiger partial charge in [0.05, 0.1) is 19.3 Å². The molecule has 0 spiro atoms. The Bertz CT molecular complexity index is 1210. The van der Waals surface area contributed by atoms with Crippen LogP contribution in [0.1, 0.15) is 25.8 Å². The summed E-state index contributed by atoms with van der Waals surface area (Å²) in [6, 6.07) is 12.7. The van der Waals surface area contributed by atoms with Crippen molar-refractivity contribution < 1.29 is 23.7 Å². The number of carbonyl (C=O) groups excluding carboxylic acids is 1. The van der Waals surface area contributed by atoms with Crippen molar-refractivity contribution in [3.8, 4) is 23.0 Å². The van der Waals surface area contributed by atoms with Crippen molar-refractivity contribution in [3.63, 3.8) is 0 Å². The Balaban J connectivity index is 1.44. The Labute approximate surface area is 207 Å². The number of methoxy groups -OCH3 is 1. The first-order chi connectivity index (χ1) is 17.0. The first kappa shape index (κ1) is 24.3. The third-order valence-electron chi connectivity index (χ3n) is 5.05. The van der Waals surface area contributed by atoms with E-state index >= 15 is 0 Å². The molecule has 0 bridgehead atoms. The molecule has 2 aromatic rings. The van der Waals surface area contributed by atoms with Crippen molar-refractivity contribution in [3.05, 3.63) is 53.6 Å². The average Bonchev–Trinajstić information content (AvgIpc) is 3.29. The summed E-state index contributed by atoms with van der Waals surface area (Å²) < 4.78 is 22.5. The summed E-state index contributed by atoms with van der Waals surface area (Å²) in [6.07, 6.45) is 2.33. The molecule has 0 aromatic heterocycles. The second-order valence-corrected chi connectivity index (χ2v) is 8.42. The van der Waals surface area contributed by atoms with Crippen molar-refractivity contribution >= 4 is 39.8 Å². The molecule has 35 heavy (non-hydrogen) atoms. The standard InChI is InChI=1S/C25H26N4O5S/c1-4-22-28-29-23(26)19(24(30)27-25(29)35-22)14-16-6-11-20(21(15-16)32-5-2)34-13-12-33-18-9-7-17(31-3)8-10-18/h6-11,14-15,26H,4-5,12-13H2,1-3H3/b19-14-,26-23?. The number of carbonyl (C=O) groups is 1. The number of hydrazone groups is 1. The molecule has 2 aromatic carbocycles. The van der Waals surface area contributed by atoms with Gasteiger partial charge < -0.3 is 18.9 Å². The topological polar surface area (TPSA) is 106 Å². The molecule has 2 aliphatic heterocycles. The number of hydrogen-bond acceptors (Lipinski definition) is 8. The summed E-state index contributed by atoms with van der Waals surface area (Å²) in [5, 5.41) is 15.5. The molecule has 2 aliphatic rings. The normalized spacial score (nSPS) is 16.1. The van der Waals surface area contributed by atoms with Gasteiger partial charge in [0.2, 0.25) is 5.17 Å². The van der Waals surface area contributed by atoms with Crippen LogP contribution in [0.25, 0.3) is 6.08 Å². The molecular weight excluding hydrogens is 468 g/mol. The number of fused-ring (bicyclic) bond motifs is 1. The van der Waals surface area contributed by atoms with Gasteiger partial charge in [0, 0.05) is 0 Å². The number of hydrogen-bond donors (Lipinski definition) is 1. The fourth-order valence-electron chi connectivity index (χ4n) is 3.33. The number of rotatable bonds is 10. The van der Waals surface area contributed by atoms with Crippen LogP contribution in [-0.4, -0.2) is 53.9 Å². The summed E-state index contributed by atoms with van der Waals surface area (Å²) in [5.74, 6) is 2.12. The maximum Gasteiger partial charge on any atom is 0.283 e. The van der Waals surface area contributed by atoms with Crippen molar-refractivity contribution in [2.75, 3.05) is 26.9 Å². The van der Waals surface area contributed by atoms with Crippen LogP contribution in [0.4, 0.5) is 0 Å². The molecule has 0 saturated carbocycles. The number of amidine groups is 2. The highest BCUT2D eigenvalue weighted by molar-refractivity contribution is 8.26. The molecule has 0 radical (unpaired) electrons. The molecule has 1 N–H and O–H groups in total. The molecule has 9 nitrogen and oxygen atoms in total. The first-order valence-corrected chi connectivity index (χ1v) is 12.0. The summed E-state index contributed by atoms with van der Waals surface area (Å²) in [5.41, 5.74) is 0.855.